The molecule has 1 rings (SSSR count). The van der Waals surface area contributed by atoms with Crippen LogP contribution < -0.4 is 0 Å². The number of Topliss-reactive ketones (excluding diaryl/α,β-unsaturated/α-hetero) is 3. The van der Waals surface area contributed by atoms with Crippen molar-refractivity contribution >= 4 is 29.8 Å². The van der Waals surface area contributed by atoms with E-state index in [1.807, 2.05) is 34.6 Å². The molecule has 0 atom stereocenters. The van der Waals surface area contributed by atoms with Crippen LogP contribution in [0.5, 0.6) is 0 Å². The average Bonchev–Trinajstić information content (AvgIpc) is 3.18. The number of nitrogens with zero attached hydrogens (tertiary/aromatic N) is 2. The Balaban J connectivity index is 0. The van der Waals surface area contributed by atoms with Crippen LogP contribution in [-0.2, 0) is 9.59 Å². The fraction of sp³-hybridized carbons (Fsp3) is 0.586. The minimum absolute atomic E-state index is 0.166. The van der Waals surface area contributed by atoms with Crippen LogP contribution in [-0.4, -0.2) is 28.1 Å². The lowest BCUT2D eigenvalue weighted by Gasteiger charge is -2.13. The molecule has 0 unspecified atom stereocenters. The normalized spacial score (nSPS) is 11.6. The first-order chi connectivity index (χ1) is 16.6. The lowest BCUT2D eigenvalue weighted by molar-refractivity contribution is -0.119. The molecular formula is C29H47FN2O3. The van der Waals surface area contributed by atoms with Crippen LogP contribution in [0.4, 0.5) is 4.39 Å². The first kappa shape index (κ1) is 34.5. The summed E-state index contributed by atoms with van der Waals surface area (Å²) in [6.07, 6.45) is 12.6. The maximum absolute atomic E-state index is 13.1. The van der Waals surface area contributed by atoms with Crippen LogP contribution >= 0.6 is 0 Å². The van der Waals surface area contributed by atoms with E-state index in [0.717, 1.165) is 49.7 Å². The maximum Gasteiger partial charge on any atom is 0.176 e. The van der Waals surface area contributed by atoms with Crippen LogP contribution in [0.15, 0.2) is 34.6 Å². The van der Waals surface area contributed by atoms with Crippen LogP contribution in [0, 0.1) is 11.7 Å². The molecular weight excluding hydrogens is 443 g/mol. The predicted octanol–water partition coefficient (Wildman–Crippen LogP) is 8.24. The molecule has 0 aliphatic rings. The van der Waals surface area contributed by atoms with Gasteiger partial charge in [-0.3, -0.25) is 14.6 Å². The zero-order valence-corrected chi connectivity index (χ0v) is 23.4. The molecule has 0 saturated carbocycles. The van der Waals surface area contributed by atoms with Gasteiger partial charge in [-0.25, -0.2) is 4.39 Å². The van der Waals surface area contributed by atoms with Gasteiger partial charge in [0.2, 0.25) is 0 Å². The molecule has 1 aromatic rings. The number of halogens is 1. The molecule has 0 N–H and O–H groups in total. The summed E-state index contributed by atoms with van der Waals surface area (Å²) in [5.74, 6) is 0.0338. The lowest BCUT2D eigenvalue weighted by Crippen LogP contribution is -2.15. The van der Waals surface area contributed by atoms with Crippen molar-refractivity contribution in [2.45, 2.75) is 107 Å². The monoisotopic (exact) mass is 490 g/mol. The van der Waals surface area contributed by atoms with Gasteiger partial charge in [0, 0.05) is 55.7 Å². The summed E-state index contributed by atoms with van der Waals surface area (Å²) in [5, 5.41) is 0. The third-order valence-corrected chi connectivity index (χ3v) is 5.09. The largest absolute Gasteiger partial charge is 0.318 e. The first-order valence-electron chi connectivity index (χ1n) is 12.8. The Morgan fingerprint density at radius 1 is 1.03 bits per heavy atom. The van der Waals surface area contributed by atoms with E-state index in [4.69, 9.17) is 0 Å². The van der Waals surface area contributed by atoms with E-state index < -0.39 is 5.82 Å². The van der Waals surface area contributed by atoms with Crippen molar-refractivity contribution in [3.8, 4) is 0 Å². The number of carbonyl (C=O) groups excluding carboxylic acids is 3. The smallest absolute Gasteiger partial charge is 0.176 e. The molecule has 1 heterocycles. The number of ketones is 3. The van der Waals surface area contributed by atoms with E-state index >= 15 is 0 Å². The van der Waals surface area contributed by atoms with Gasteiger partial charge in [-0.05, 0) is 53.4 Å². The Labute approximate surface area is 212 Å². The standard InChI is InChI=1S/C14H18FNO2.C13H23NO.C2H6/c1-10(5-4-6-11(2)17)8-16-9-13(15)7-14(16)12(3)18;1-5-8-12(9-6-2)13(15)11(4)10-14-7-3;1-2/h7-9H,4-6H2,1-3H3;7,10,12H,5-6,8-9H2,1-4H3;1-2H3/b10-8+;11-10+,14-7?;. The minimum Gasteiger partial charge on any atom is -0.318 e. The Morgan fingerprint density at radius 3 is 2.06 bits per heavy atom. The summed E-state index contributed by atoms with van der Waals surface area (Å²) in [6.45, 7) is 16.8. The molecule has 0 radical (unpaired) electrons. The molecule has 0 saturated heterocycles. The van der Waals surface area contributed by atoms with E-state index in [1.165, 1.54) is 23.8 Å². The molecule has 0 spiro atoms. The molecule has 6 heteroatoms. The quantitative estimate of drug-likeness (QED) is 0.159. The summed E-state index contributed by atoms with van der Waals surface area (Å²) >= 11 is 0. The van der Waals surface area contributed by atoms with Gasteiger partial charge in [-0.2, -0.15) is 0 Å². The molecule has 0 fully saturated rings. The summed E-state index contributed by atoms with van der Waals surface area (Å²) in [7, 11) is 0. The average molecular weight is 491 g/mol. The summed E-state index contributed by atoms with van der Waals surface area (Å²) < 4.78 is 14.6. The second-order valence-corrected chi connectivity index (χ2v) is 8.40. The van der Waals surface area contributed by atoms with Crippen LogP contribution in [0.25, 0.3) is 6.20 Å². The van der Waals surface area contributed by atoms with Gasteiger partial charge in [0.05, 0.1) is 5.69 Å². The summed E-state index contributed by atoms with van der Waals surface area (Å²) in [5.41, 5.74) is 2.12. The Hall–Kier alpha value is -2.63. The highest BCUT2D eigenvalue weighted by atomic mass is 19.1. The van der Waals surface area contributed by atoms with Gasteiger partial charge in [-0.15, -0.1) is 0 Å². The second-order valence-electron chi connectivity index (χ2n) is 8.40. The Kier molecular flexibility index (Phi) is 20.4. The zero-order valence-electron chi connectivity index (χ0n) is 23.4. The molecule has 0 aliphatic carbocycles. The summed E-state index contributed by atoms with van der Waals surface area (Å²) in [4.78, 5) is 38.1. The minimum atomic E-state index is -0.423. The second kappa shape index (κ2) is 20.7. The van der Waals surface area contributed by atoms with Gasteiger partial charge in [-0.1, -0.05) is 46.1 Å². The van der Waals surface area contributed by atoms with E-state index in [-0.39, 0.29) is 23.3 Å². The highest BCUT2D eigenvalue weighted by molar-refractivity contribution is 5.96. The van der Waals surface area contributed by atoms with Crippen molar-refractivity contribution in [2.75, 3.05) is 0 Å². The van der Waals surface area contributed by atoms with Crippen LogP contribution in [0.3, 0.4) is 0 Å². The van der Waals surface area contributed by atoms with Crippen LogP contribution in [0.2, 0.25) is 0 Å². The highest BCUT2D eigenvalue weighted by Crippen LogP contribution is 2.18. The van der Waals surface area contributed by atoms with E-state index in [2.05, 4.69) is 18.8 Å². The van der Waals surface area contributed by atoms with Gasteiger partial charge in [0.1, 0.15) is 11.6 Å². The number of rotatable bonds is 13. The van der Waals surface area contributed by atoms with Crippen molar-refractivity contribution in [1.29, 1.82) is 0 Å². The fourth-order valence-electron chi connectivity index (χ4n) is 3.43. The molecule has 198 valence electrons. The van der Waals surface area contributed by atoms with Crippen molar-refractivity contribution in [1.82, 2.24) is 4.57 Å². The number of aliphatic imine (C=N–C) groups is 1. The fourth-order valence-corrected chi connectivity index (χ4v) is 3.43. The number of hydrogen-bond donors (Lipinski definition) is 0. The SMILES string of the molecule is CC.CC(=O)CCC/C(C)=C/n1cc(F)cc1C(C)=O.CC=N/C=C(\C)C(=O)C(CCC)CCC. The number of carbonyl (C=O) groups is 3. The Morgan fingerprint density at radius 2 is 1.60 bits per heavy atom. The molecule has 0 bridgehead atoms. The zero-order chi connectivity index (χ0) is 27.4. The van der Waals surface area contributed by atoms with Crippen molar-refractivity contribution in [3.05, 3.63) is 41.1 Å². The van der Waals surface area contributed by atoms with Gasteiger partial charge >= 0.3 is 0 Å². The van der Waals surface area contributed by atoms with Gasteiger partial charge < -0.3 is 9.36 Å². The third-order valence-electron chi connectivity index (χ3n) is 5.09. The van der Waals surface area contributed by atoms with Crippen molar-refractivity contribution in [2.24, 2.45) is 10.9 Å². The van der Waals surface area contributed by atoms with Crippen molar-refractivity contribution in [3.63, 3.8) is 0 Å². The van der Waals surface area contributed by atoms with E-state index in [0.29, 0.717) is 12.1 Å². The molecule has 35 heavy (non-hydrogen) atoms. The maximum atomic E-state index is 13.1. The van der Waals surface area contributed by atoms with E-state index in [9.17, 15) is 18.8 Å². The third kappa shape index (κ3) is 15.8. The molecule has 1 aromatic heterocycles. The number of aromatic nitrogens is 1. The van der Waals surface area contributed by atoms with Gasteiger partial charge in [0.15, 0.2) is 11.6 Å². The topological polar surface area (TPSA) is 68.5 Å². The molecule has 0 aliphatic heterocycles. The predicted molar refractivity (Wildman–Crippen MR) is 146 cm³/mol. The highest BCUT2D eigenvalue weighted by Gasteiger charge is 2.17. The van der Waals surface area contributed by atoms with Crippen molar-refractivity contribution < 1.29 is 18.8 Å². The Bertz CT molecular complexity index is 857. The van der Waals surface area contributed by atoms with Gasteiger partial charge in [0.25, 0.3) is 0 Å². The molecule has 0 amide bonds. The first-order valence-corrected chi connectivity index (χ1v) is 12.8. The number of hydrogen-bond acceptors (Lipinski definition) is 4. The number of allylic oxidation sites excluding steroid dienone is 2. The lowest BCUT2D eigenvalue weighted by atomic mass is 9.90. The van der Waals surface area contributed by atoms with Crippen LogP contribution in [0.1, 0.15) is 118 Å². The molecule has 5 nitrogen and oxygen atoms in total. The van der Waals surface area contributed by atoms with E-state index in [1.54, 1.807) is 25.5 Å². The summed E-state index contributed by atoms with van der Waals surface area (Å²) in [6, 6.07) is 1.22. The molecule has 0 aromatic carbocycles.